The van der Waals surface area contributed by atoms with Crippen LogP contribution in [-0.4, -0.2) is 35.6 Å². The van der Waals surface area contributed by atoms with Crippen LogP contribution in [-0.2, 0) is 11.3 Å². The minimum Gasteiger partial charge on any atom is -0.445 e. The molecule has 1 fully saturated rings. The largest absolute Gasteiger partial charge is 0.445 e. The third-order valence-corrected chi connectivity index (χ3v) is 6.03. The lowest BCUT2D eigenvalue weighted by Gasteiger charge is -2.33. The lowest BCUT2D eigenvalue weighted by Crippen LogP contribution is -2.40. The zero-order valence-electron chi connectivity index (χ0n) is 17.9. The summed E-state index contributed by atoms with van der Waals surface area (Å²) in [4.78, 5) is 30.5. The van der Waals surface area contributed by atoms with Crippen molar-refractivity contribution in [2.24, 2.45) is 11.7 Å². The highest BCUT2D eigenvalue weighted by atomic mass is 79.9. The Morgan fingerprint density at radius 3 is 2.71 bits per heavy atom. The lowest BCUT2D eigenvalue weighted by molar-refractivity contribution is 0.1000. The number of alkyl carbamates (subject to hydrolysis) is 1. The molecule has 3 rings (SSSR count). The number of hydrogen-bond acceptors (Lipinski definition) is 5. The second kappa shape index (κ2) is 10.1. The Bertz CT molecular complexity index is 920. The number of carbonyl (C=O) groups is 2. The van der Waals surface area contributed by atoms with Crippen molar-refractivity contribution in [3.05, 3.63) is 58.2 Å². The quantitative estimate of drug-likeness (QED) is 0.427. The summed E-state index contributed by atoms with van der Waals surface area (Å²) < 4.78 is 5.91. The smallest absolute Gasteiger partial charge is 0.407 e. The van der Waals surface area contributed by atoms with E-state index in [-0.39, 0.29) is 12.1 Å². The number of rotatable bonds is 8. The van der Waals surface area contributed by atoms with Crippen LogP contribution in [0, 0.1) is 5.92 Å². The Kier molecular flexibility index (Phi) is 7.54. The van der Waals surface area contributed by atoms with Gasteiger partial charge in [-0.3, -0.25) is 4.79 Å². The molecule has 166 valence electrons. The number of nitrogens with zero attached hydrogens (tertiary/aromatic N) is 2. The van der Waals surface area contributed by atoms with Gasteiger partial charge in [0.25, 0.3) is 5.91 Å². The molecule has 0 aliphatic carbocycles. The van der Waals surface area contributed by atoms with Crippen molar-refractivity contribution in [2.45, 2.75) is 45.3 Å². The van der Waals surface area contributed by atoms with Crippen LogP contribution >= 0.6 is 15.9 Å². The van der Waals surface area contributed by atoms with Crippen LogP contribution in [0.25, 0.3) is 0 Å². The molecule has 31 heavy (non-hydrogen) atoms. The Labute approximate surface area is 191 Å². The number of ether oxygens (including phenoxy) is 1. The van der Waals surface area contributed by atoms with Crippen LogP contribution < -0.4 is 16.0 Å². The third kappa shape index (κ3) is 6.19. The summed E-state index contributed by atoms with van der Waals surface area (Å²) in [5, 5.41) is 2.82. The lowest BCUT2D eigenvalue weighted by atomic mass is 9.93. The summed E-state index contributed by atoms with van der Waals surface area (Å²) in [6.45, 7) is 5.92. The van der Waals surface area contributed by atoms with Gasteiger partial charge in [0.05, 0.1) is 5.56 Å². The fourth-order valence-corrected chi connectivity index (χ4v) is 4.43. The molecule has 7 nitrogen and oxygen atoms in total. The molecule has 3 N–H and O–H groups in total. The van der Waals surface area contributed by atoms with E-state index in [1.807, 2.05) is 30.3 Å². The minimum absolute atomic E-state index is 0.148. The molecule has 1 saturated heterocycles. The first kappa shape index (κ1) is 23.1. The molecule has 0 saturated carbocycles. The van der Waals surface area contributed by atoms with Crippen LogP contribution in [0.4, 0.5) is 10.6 Å². The number of halogens is 1. The van der Waals surface area contributed by atoms with Crippen LogP contribution in [0.15, 0.2) is 47.1 Å². The molecule has 2 heterocycles. The van der Waals surface area contributed by atoms with E-state index in [0.717, 1.165) is 31.4 Å². The fourth-order valence-electron chi connectivity index (χ4n) is 4.13. The number of aromatic nitrogens is 1. The fraction of sp³-hybridized carbons (Fsp3) is 0.435. The molecule has 0 unspecified atom stereocenters. The number of nitrogens with two attached hydrogens (primary N) is 1. The highest BCUT2D eigenvalue weighted by Gasteiger charge is 2.40. The van der Waals surface area contributed by atoms with Gasteiger partial charge in [0.1, 0.15) is 17.0 Å². The molecule has 0 bridgehead atoms. The predicted molar refractivity (Wildman–Crippen MR) is 124 cm³/mol. The van der Waals surface area contributed by atoms with Gasteiger partial charge in [0.2, 0.25) is 0 Å². The Hall–Kier alpha value is -2.61. The van der Waals surface area contributed by atoms with Crippen LogP contribution in [0.2, 0.25) is 0 Å². The number of anilines is 1. The minimum atomic E-state index is -0.479. The molecule has 8 heteroatoms. The van der Waals surface area contributed by atoms with Crippen molar-refractivity contribution >= 4 is 33.7 Å². The van der Waals surface area contributed by atoms with Crippen molar-refractivity contribution in [1.29, 1.82) is 0 Å². The number of hydrogen-bond donors (Lipinski definition) is 2. The maximum absolute atomic E-state index is 11.9. The zero-order chi connectivity index (χ0) is 22.4. The van der Waals surface area contributed by atoms with Gasteiger partial charge in [0, 0.05) is 18.6 Å². The topological polar surface area (TPSA) is 97.6 Å². The van der Waals surface area contributed by atoms with Gasteiger partial charge in [-0.25, -0.2) is 9.78 Å². The van der Waals surface area contributed by atoms with Gasteiger partial charge >= 0.3 is 6.09 Å². The SMILES string of the molecule is CC1(C)C[C@H](CCCNC(=O)OCc2ccccc2)CN1c1nc(Br)ccc1C(N)=O. The Morgan fingerprint density at radius 1 is 1.26 bits per heavy atom. The normalized spacial score (nSPS) is 17.4. The van der Waals surface area contributed by atoms with Crippen LogP contribution in [0.3, 0.4) is 0 Å². The number of carbonyl (C=O) groups excluding carboxylic acids is 2. The molecule has 0 spiro atoms. The molecule has 0 radical (unpaired) electrons. The van der Waals surface area contributed by atoms with E-state index < -0.39 is 12.0 Å². The first-order chi connectivity index (χ1) is 14.8. The molecule has 2 amide bonds. The summed E-state index contributed by atoms with van der Waals surface area (Å²) >= 11 is 3.40. The van der Waals surface area contributed by atoms with Gasteiger partial charge in [0.15, 0.2) is 0 Å². The summed E-state index contributed by atoms with van der Waals surface area (Å²) in [6, 6.07) is 13.0. The van der Waals surface area contributed by atoms with E-state index in [2.05, 4.69) is 45.0 Å². The first-order valence-electron chi connectivity index (χ1n) is 10.4. The molecule has 1 aliphatic heterocycles. The van der Waals surface area contributed by atoms with E-state index in [9.17, 15) is 9.59 Å². The van der Waals surface area contributed by atoms with Crippen molar-refractivity contribution in [1.82, 2.24) is 10.3 Å². The molecular formula is C23H29BrN4O3. The number of primary amides is 1. The highest BCUT2D eigenvalue weighted by molar-refractivity contribution is 9.10. The Balaban J connectivity index is 1.48. The molecular weight excluding hydrogens is 460 g/mol. The van der Waals surface area contributed by atoms with Gasteiger partial charge < -0.3 is 20.7 Å². The van der Waals surface area contributed by atoms with E-state index in [1.54, 1.807) is 12.1 Å². The van der Waals surface area contributed by atoms with Crippen molar-refractivity contribution < 1.29 is 14.3 Å². The second-order valence-corrected chi connectivity index (χ2v) is 9.31. The standard InChI is InChI=1S/C23H29BrN4O3/c1-23(2)13-17(14-28(23)21-18(20(25)29)10-11-19(24)27-21)9-6-12-26-22(30)31-15-16-7-4-3-5-8-16/h3-5,7-8,10-11,17H,6,9,12-15H2,1-2H3,(H2,25,29)(H,26,30)/t17-/m0/s1. The Morgan fingerprint density at radius 2 is 2.00 bits per heavy atom. The number of pyridine rings is 1. The van der Waals surface area contributed by atoms with E-state index in [1.165, 1.54) is 0 Å². The highest BCUT2D eigenvalue weighted by Crippen LogP contribution is 2.39. The van der Waals surface area contributed by atoms with Crippen LogP contribution in [0.1, 0.15) is 49.0 Å². The molecule has 1 atom stereocenters. The molecule has 2 aromatic rings. The summed E-state index contributed by atoms with van der Waals surface area (Å²) in [7, 11) is 0. The summed E-state index contributed by atoms with van der Waals surface area (Å²) in [5.74, 6) is 0.572. The molecule has 1 aliphatic rings. The summed E-state index contributed by atoms with van der Waals surface area (Å²) in [5.41, 5.74) is 6.81. The van der Waals surface area contributed by atoms with Crippen LogP contribution in [0.5, 0.6) is 0 Å². The van der Waals surface area contributed by atoms with E-state index in [4.69, 9.17) is 10.5 Å². The molecule has 1 aromatic carbocycles. The van der Waals surface area contributed by atoms with Crippen molar-refractivity contribution in [3.63, 3.8) is 0 Å². The number of amides is 2. The average molecular weight is 489 g/mol. The molecule has 1 aromatic heterocycles. The van der Waals surface area contributed by atoms with E-state index in [0.29, 0.717) is 28.4 Å². The number of nitrogens with one attached hydrogen (secondary N) is 1. The second-order valence-electron chi connectivity index (χ2n) is 8.49. The summed E-state index contributed by atoms with van der Waals surface area (Å²) in [6.07, 6.45) is 2.38. The monoisotopic (exact) mass is 488 g/mol. The number of benzene rings is 1. The van der Waals surface area contributed by atoms with Gasteiger partial charge in [-0.2, -0.15) is 0 Å². The predicted octanol–water partition coefficient (Wildman–Crippen LogP) is 4.25. The van der Waals surface area contributed by atoms with Gasteiger partial charge in [-0.05, 0) is 72.7 Å². The van der Waals surface area contributed by atoms with Gasteiger partial charge in [-0.1, -0.05) is 30.3 Å². The van der Waals surface area contributed by atoms with Crippen molar-refractivity contribution in [2.75, 3.05) is 18.0 Å². The van der Waals surface area contributed by atoms with Gasteiger partial charge in [-0.15, -0.1) is 0 Å². The first-order valence-corrected chi connectivity index (χ1v) is 11.2. The van der Waals surface area contributed by atoms with E-state index >= 15 is 0 Å². The maximum atomic E-state index is 11.9. The average Bonchev–Trinajstić information content (AvgIpc) is 3.04. The maximum Gasteiger partial charge on any atom is 0.407 e. The third-order valence-electron chi connectivity index (χ3n) is 5.59. The zero-order valence-corrected chi connectivity index (χ0v) is 19.5. The van der Waals surface area contributed by atoms with Crippen molar-refractivity contribution in [3.8, 4) is 0 Å².